The van der Waals surface area contributed by atoms with Gasteiger partial charge in [0.15, 0.2) is 5.82 Å². The molecule has 23 heavy (non-hydrogen) atoms. The number of benzene rings is 2. The first-order chi connectivity index (χ1) is 11.1. The number of nitrogens with one attached hydrogen (secondary N) is 2. The largest absolute Gasteiger partial charge is 0.339 e. The Bertz CT molecular complexity index is 823. The minimum atomic E-state index is 0.414. The maximum atomic E-state index is 6.03. The van der Waals surface area contributed by atoms with Crippen LogP contribution in [-0.2, 0) is 0 Å². The van der Waals surface area contributed by atoms with E-state index < -0.39 is 0 Å². The number of aryl methyl sites for hydroxylation is 1. The van der Waals surface area contributed by atoms with Crippen molar-refractivity contribution in [2.75, 3.05) is 10.6 Å². The second-order valence-corrected chi connectivity index (χ2v) is 6.23. The van der Waals surface area contributed by atoms with Crippen molar-refractivity contribution in [2.45, 2.75) is 6.92 Å². The molecule has 0 aliphatic rings. The van der Waals surface area contributed by atoms with E-state index in [9.17, 15) is 0 Å². The Balaban J connectivity index is 1.79. The first kappa shape index (κ1) is 15.7. The molecule has 0 radical (unpaired) electrons. The van der Waals surface area contributed by atoms with Crippen LogP contribution in [0.3, 0.4) is 0 Å². The highest BCUT2D eigenvalue weighted by atomic mass is 79.9. The van der Waals surface area contributed by atoms with E-state index in [0.29, 0.717) is 16.8 Å². The molecule has 0 amide bonds. The van der Waals surface area contributed by atoms with E-state index in [-0.39, 0.29) is 0 Å². The highest BCUT2D eigenvalue weighted by molar-refractivity contribution is 9.10. The summed E-state index contributed by atoms with van der Waals surface area (Å²) in [6, 6.07) is 13.4. The lowest BCUT2D eigenvalue weighted by Gasteiger charge is -2.10. The maximum Gasteiger partial charge on any atom is 0.249 e. The third-order valence-corrected chi connectivity index (χ3v) is 3.89. The number of hydrogen-bond donors (Lipinski definition) is 2. The molecular formula is C16H13BrClN5. The smallest absolute Gasteiger partial charge is 0.249 e. The summed E-state index contributed by atoms with van der Waals surface area (Å²) in [7, 11) is 0. The molecule has 0 spiro atoms. The second-order valence-electron chi connectivity index (χ2n) is 4.88. The van der Waals surface area contributed by atoms with Gasteiger partial charge < -0.3 is 10.6 Å². The molecule has 1 heterocycles. The van der Waals surface area contributed by atoms with Gasteiger partial charge in [0.2, 0.25) is 5.95 Å². The molecule has 116 valence electrons. The van der Waals surface area contributed by atoms with E-state index >= 15 is 0 Å². The third-order valence-electron chi connectivity index (χ3n) is 3.12. The van der Waals surface area contributed by atoms with E-state index in [2.05, 4.69) is 41.7 Å². The first-order valence-electron chi connectivity index (χ1n) is 6.86. The van der Waals surface area contributed by atoms with Crippen LogP contribution >= 0.6 is 27.5 Å². The van der Waals surface area contributed by atoms with Gasteiger partial charge >= 0.3 is 0 Å². The quantitative estimate of drug-likeness (QED) is 0.650. The summed E-state index contributed by atoms with van der Waals surface area (Å²) in [5.41, 5.74) is 2.83. The van der Waals surface area contributed by atoms with Crippen LogP contribution in [0.4, 0.5) is 23.1 Å². The van der Waals surface area contributed by atoms with Crippen LogP contribution in [-0.4, -0.2) is 15.2 Å². The monoisotopic (exact) mass is 389 g/mol. The molecule has 0 bridgehead atoms. The zero-order valence-electron chi connectivity index (χ0n) is 12.2. The third kappa shape index (κ3) is 4.18. The Morgan fingerprint density at radius 3 is 2.61 bits per heavy atom. The first-order valence-corrected chi connectivity index (χ1v) is 8.03. The summed E-state index contributed by atoms with van der Waals surface area (Å²) in [4.78, 5) is 4.41. The number of rotatable bonds is 4. The molecule has 0 unspecified atom stereocenters. The molecule has 0 aliphatic heterocycles. The zero-order valence-corrected chi connectivity index (χ0v) is 14.6. The van der Waals surface area contributed by atoms with Gasteiger partial charge in [-0.1, -0.05) is 33.6 Å². The predicted octanol–water partition coefficient (Wildman–Crippen LogP) is 5.08. The molecule has 0 saturated heterocycles. The number of halogens is 2. The highest BCUT2D eigenvalue weighted by Gasteiger charge is 2.04. The van der Waals surface area contributed by atoms with Crippen LogP contribution in [0.25, 0.3) is 0 Å². The van der Waals surface area contributed by atoms with Crippen LogP contribution in [0, 0.1) is 6.92 Å². The van der Waals surface area contributed by atoms with Crippen LogP contribution in [0.5, 0.6) is 0 Å². The van der Waals surface area contributed by atoms with Crippen molar-refractivity contribution in [3.63, 3.8) is 0 Å². The summed E-state index contributed by atoms with van der Waals surface area (Å²) in [6.45, 7) is 1.99. The summed E-state index contributed by atoms with van der Waals surface area (Å²) in [6.07, 6.45) is 1.56. The lowest BCUT2D eigenvalue weighted by atomic mass is 10.2. The molecule has 0 fully saturated rings. The van der Waals surface area contributed by atoms with Crippen molar-refractivity contribution in [1.29, 1.82) is 0 Å². The van der Waals surface area contributed by atoms with Crippen molar-refractivity contribution < 1.29 is 0 Å². The molecule has 7 heteroatoms. The average molecular weight is 391 g/mol. The minimum absolute atomic E-state index is 0.414. The Hall–Kier alpha value is -2.18. The van der Waals surface area contributed by atoms with Gasteiger partial charge in [-0.2, -0.15) is 10.1 Å². The van der Waals surface area contributed by atoms with Gasteiger partial charge in [0.1, 0.15) is 0 Å². The zero-order chi connectivity index (χ0) is 16.2. The molecule has 2 aromatic carbocycles. The van der Waals surface area contributed by atoms with Crippen molar-refractivity contribution in [1.82, 2.24) is 15.2 Å². The normalized spacial score (nSPS) is 10.4. The molecule has 2 N–H and O–H groups in total. The molecule has 5 nitrogen and oxygen atoms in total. The summed E-state index contributed by atoms with van der Waals surface area (Å²) >= 11 is 9.43. The number of anilines is 4. The molecule has 0 atom stereocenters. The van der Waals surface area contributed by atoms with Gasteiger partial charge in [0.25, 0.3) is 0 Å². The van der Waals surface area contributed by atoms with E-state index in [1.54, 1.807) is 6.20 Å². The topological polar surface area (TPSA) is 62.7 Å². The second kappa shape index (κ2) is 6.93. The molecule has 0 aliphatic carbocycles. The number of aromatic nitrogens is 3. The Kier molecular flexibility index (Phi) is 4.73. The van der Waals surface area contributed by atoms with Crippen LogP contribution in [0.2, 0.25) is 5.02 Å². The van der Waals surface area contributed by atoms with Crippen LogP contribution < -0.4 is 10.6 Å². The van der Waals surface area contributed by atoms with E-state index in [1.807, 2.05) is 49.4 Å². The molecule has 3 rings (SSSR count). The van der Waals surface area contributed by atoms with Crippen molar-refractivity contribution in [3.05, 3.63) is 63.7 Å². The molecule has 1 aromatic heterocycles. The van der Waals surface area contributed by atoms with Crippen LogP contribution in [0.1, 0.15) is 5.56 Å². The fourth-order valence-electron chi connectivity index (χ4n) is 1.95. The van der Waals surface area contributed by atoms with Crippen molar-refractivity contribution in [3.8, 4) is 0 Å². The minimum Gasteiger partial charge on any atom is -0.339 e. The lowest BCUT2D eigenvalue weighted by Crippen LogP contribution is -2.03. The summed E-state index contributed by atoms with van der Waals surface area (Å²) in [5.74, 6) is 1.00. The van der Waals surface area contributed by atoms with E-state index in [1.165, 1.54) is 0 Å². The fourth-order valence-corrected chi connectivity index (χ4v) is 2.38. The standard InChI is InChI=1S/C16H13BrClN5/c1-10-2-5-12(18)8-14(10)21-15-9-19-23-16(22-15)20-13-6-3-11(17)4-7-13/h2-9H,1H3,(H2,20,21,22,23). The summed E-state index contributed by atoms with van der Waals surface area (Å²) in [5, 5.41) is 14.9. The Labute approximate surface area is 147 Å². The SMILES string of the molecule is Cc1ccc(Cl)cc1Nc1cnnc(Nc2ccc(Br)cc2)n1. The van der Waals surface area contributed by atoms with Crippen molar-refractivity contribution in [2.24, 2.45) is 0 Å². The molecule has 0 saturated carbocycles. The highest BCUT2D eigenvalue weighted by Crippen LogP contribution is 2.23. The summed E-state index contributed by atoms with van der Waals surface area (Å²) < 4.78 is 1.01. The van der Waals surface area contributed by atoms with Gasteiger partial charge in [-0.05, 0) is 48.9 Å². The maximum absolute atomic E-state index is 6.03. The van der Waals surface area contributed by atoms with Gasteiger partial charge in [-0.3, -0.25) is 0 Å². The van der Waals surface area contributed by atoms with Crippen LogP contribution in [0.15, 0.2) is 53.1 Å². The van der Waals surface area contributed by atoms with Gasteiger partial charge in [0.05, 0.1) is 6.20 Å². The van der Waals surface area contributed by atoms with Gasteiger partial charge in [-0.25, -0.2) is 0 Å². The molecular weight excluding hydrogens is 378 g/mol. The Morgan fingerprint density at radius 1 is 1.04 bits per heavy atom. The average Bonchev–Trinajstić information content (AvgIpc) is 2.54. The number of hydrogen-bond acceptors (Lipinski definition) is 5. The van der Waals surface area contributed by atoms with Crippen molar-refractivity contribution >= 4 is 50.7 Å². The predicted molar refractivity (Wildman–Crippen MR) is 96.7 cm³/mol. The Morgan fingerprint density at radius 2 is 1.83 bits per heavy atom. The van der Waals surface area contributed by atoms with E-state index in [4.69, 9.17) is 11.6 Å². The number of nitrogens with zero attached hydrogens (tertiary/aromatic N) is 3. The van der Waals surface area contributed by atoms with Gasteiger partial charge in [0, 0.05) is 20.9 Å². The molecule has 3 aromatic rings. The fraction of sp³-hybridized carbons (Fsp3) is 0.0625. The van der Waals surface area contributed by atoms with E-state index in [0.717, 1.165) is 21.4 Å². The lowest BCUT2D eigenvalue weighted by molar-refractivity contribution is 0.982. The van der Waals surface area contributed by atoms with Gasteiger partial charge in [-0.15, -0.1) is 5.10 Å².